The van der Waals surface area contributed by atoms with Gasteiger partial charge in [-0.1, -0.05) is 69.0 Å². The fourth-order valence-corrected chi connectivity index (χ4v) is 2.24. The highest BCUT2D eigenvalue weighted by Gasteiger charge is 2.40. The Labute approximate surface area is 132 Å². The highest BCUT2D eigenvalue weighted by atomic mass is 16.5. The lowest BCUT2D eigenvalue weighted by Crippen LogP contribution is -2.38. The molecule has 2 nitrogen and oxygen atoms in total. The Morgan fingerprint density at radius 3 is 2.23 bits per heavy atom. The van der Waals surface area contributed by atoms with Crippen LogP contribution in [0.1, 0.15) is 31.9 Å². The second kappa shape index (κ2) is 6.25. The van der Waals surface area contributed by atoms with E-state index in [1.165, 1.54) is 0 Å². The average molecular weight is 294 g/mol. The van der Waals surface area contributed by atoms with E-state index in [0.717, 1.165) is 16.9 Å². The minimum absolute atomic E-state index is 0.416. The molecule has 2 aromatic rings. The molecule has 1 atom stereocenters. The Bertz CT molecular complexity index is 687. The van der Waals surface area contributed by atoms with E-state index in [1.54, 1.807) is 7.11 Å². The van der Waals surface area contributed by atoms with Crippen molar-refractivity contribution in [1.29, 1.82) is 0 Å². The van der Waals surface area contributed by atoms with E-state index in [4.69, 9.17) is 4.74 Å². The summed E-state index contributed by atoms with van der Waals surface area (Å²) in [5.41, 5.74) is -0.0202. The van der Waals surface area contributed by atoms with Crippen LogP contribution in [0.2, 0.25) is 0 Å². The summed E-state index contributed by atoms with van der Waals surface area (Å²) in [7, 11) is 1.63. The summed E-state index contributed by atoms with van der Waals surface area (Å²) in [6.07, 6.45) is 0. The molecule has 0 aliphatic heterocycles. The number of benzene rings is 2. The van der Waals surface area contributed by atoms with Gasteiger partial charge in [0.25, 0.3) is 0 Å². The minimum atomic E-state index is -1.22. The van der Waals surface area contributed by atoms with Crippen molar-refractivity contribution in [2.75, 3.05) is 7.11 Å². The molecule has 0 heterocycles. The van der Waals surface area contributed by atoms with Gasteiger partial charge in [0.05, 0.1) is 7.11 Å². The number of aliphatic hydroxyl groups is 1. The molecular weight excluding hydrogens is 272 g/mol. The van der Waals surface area contributed by atoms with Gasteiger partial charge in [-0.3, -0.25) is 0 Å². The molecule has 0 amide bonds. The molecular formula is C20H22O2. The van der Waals surface area contributed by atoms with Crippen LogP contribution in [-0.4, -0.2) is 12.2 Å². The Kier molecular flexibility index (Phi) is 4.59. The van der Waals surface area contributed by atoms with Gasteiger partial charge in [-0.25, -0.2) is 0 Å². The maximum atomic E-state index is 11.2. The number of ether oxygens (including phenoxy) is 1. The molecule has 2 aromatic carbocycles. The summed E-state index contributed by atoms with van der Waals surface area (Å²) >= 11 is 0. The van der Waals surface area contributed by atoms with Gasteiger partial charge < -0.3 is 9.84 Å². The average Bonchev–Trinajstić information content (AvgIpc) is 2.52. The Balaban J connectivity index is 2.47. The summed E-state index contributed by atoms with van der Waals surface area (Å²) in [6, 6.07) is 17.1. The van der Waals surface area contributed by atoms with Crippen molar-refractivity contribution >= 4 is 0 Å². The second-order valence-corrected chi connectivity index (χ2v) is 6.31. The lowest BCUT2D eigenvalue weighted by atomic mass is 9.72. The highest BCUT2D eigenvalue weighted by Crippen LogP contribution is 2.38. The summed E-state index contributed by atoms with van der Waals surface area (Å²) in [4.78, 5) is 0. The van der Waals surface area contributed by atoms with Gasteiger partial charge >= 0.3 is 0 Å². The zero-order valence-electron chi connectivity index (χ0n) is 13.6. The molecule has 0 saturated heterocycles. The van der Waals surface area contributed by atoms with Crippen molar-refractivity contribution in [2.24, 2.45) is 5.41 Å². The van der Waals surface area contributed by atoms with Crippen LogP contribution >= 0.6 is 0 Å². The maximum Gasteiger partial charge on any atom is 0.156 e. The Hall–Kier alpha value is -2.24. The number of rotatable bonds is 2. The third-order valence-corrected chi connectivity index (χ3v) is 3.73. The first-order valence-electron chi connectivity index (χ1n) is 7.32. The molecule has 22 heavy (non-hydrogen) atoms. The third-order valence-electron chi connectivity index (χ3n) is 3.73. The monoisotopic (exact) mass is 294 g/mol. The first-order valence-corrected chi connectivity index (χ1v) is 7.32. The predicted molar refractivity (Wildman–Crippen MR) is 89.7 cm³/mol. The SMILES string of the molecule is COc1cccc(C#CC(O)(c2ccccc2)C(C)(C)C)c1. The van der Waals surface area contributed by atoms with E-state index in [9.17, 15) is 5.11 Å². The topological polar surface area (TPSA) is 29.5 Å². The number of hydrogen-bond donors (Lipinski definition) is 1. The Morgan fingerprint density at radius 2 is 1.64 bits per heavy atom. The van der Waals surface area contributed by atoms with E-state index in [2.05, 4.69) is 11.8 Å². The molecule has 0 aromatic heterocycles. The molecule has 0 bridgehead atoms. The number of hydrogen-bond acceptors (Lipinski definition) is 2. The van der Waals surface area contributed by atoms with E-state index in [-0.39, 0.29) is 0 Å². The van der Waals surface area contributed by atoms with Gasteiger partial charge in [0.2, 0.25) is 0 Å². The van der Waals surface area contributed by atoms with E-state index in [0.29, 0.717) is 0 Å². The van der Waals surface area contributed by atoms with Crippen LogP contribution in [0, 0.1) is 17.3 Å². The molecule has 0 aliphatic rings. The highest BCUT2D eigenvalue weighted by molar-refractivity contribution is 5.44. The van der Waals surface area contributed by atoms with Crippen molar-refractivity contribution in [3.8, 4) is 17.6 Å². The molecule has 0 saturated carbocycles. The van der Waals surface area contributed by atoms with Crippen LogP contribution in [0.25, 0.3) is 0 Å². The molecule has 0 spiro atoms. The molecule has 1 unspecified atom stereocenters. The summed E-state index contributed by atoms with van der Waals surface area (Å²) in [5, 5.41) is 11.2. The minimum Gasteiger partial charge on any atom is -0.497 e. The second-order valence-electron chi connectivity index (χ2n) is 6.31. The quantitative estimate of drug-likeness (QED) is 0.849. The van der Waals surface area contributed by atoms with Gasteiger partial charge in [-0.05, 0) is 23.8 Å². The van der Waals surface area contributed by atoms with E-state index >= 15 is 0 Å². The molecule has 2 heteroatoms. The van der Waals surface area contributed by atoms with Gasteiger partial charge in [0, 0.05) is 11.0 Å². The zero-order valence-corrected chi connectivity index (χ0v) is 13.6. The predicted octanol–water partition coefficient (Wildman–Crippen LogP) is 3.98. The van der Waals surface area contributed by atoms with Crippen LogP contribution < -0.4 is 4.74 Å². The van der Waals surface area contributed by atoms with Crippen LogP contribution in [0.5, 0.6) is 5.75 Å². The summed E-state index contributed by atoms with van der Waals surface area (Å²) in [5.74, 6) is 6.91. The molecule has 2 rings (SSSR count). The third kappa shape index (κ3) is 3.32. The van der Waals surface area contributed by atoms with E-state index < -0.39 is 11.0 Å². The van der Waals surface area contributed by atoms with Gasteiger partial charge in [0.15, 0.2) is 5.60 Å². The van der Waals surface area contributed by atoms with Gasteiger partial charge in [-0.15, -0.1) is 0 Å². The first-order chi connectivity index (χ1) is 10.4. The van der Waals surface area contributed by atoms with Crippen molar-refractivity contribution in [1.82, 2.24) is 0 Å². The summed E-state index contributed by atoms with van der Waals surface area (Å²) in [6.45, 7) is 5.96. The lowest BCUT2D eigenvalue weighted by molar-refractivity contribution is -0.00900. The standard InChI is InChI=1S/C20H22O2/c1-19(2,3)20(21,17-10-6-5-7-11-17)14-13-16-9-8-12-18(15-16)22-4/h5-12,15,21H,1-4H3. The van der Waals surface area contributed by atoms with Crippen LogP contribution in [0.4, 0.5) is 0 Å². The molecule has 114 valence electrons. The first kappa shape index (κ1) is 16.1. The summed E-state index contributed by atoms with van der Waals surface area (Å²) < 4.78 is 5.21. The van der Waals surface area contributed by atoms with Crippen molar-refractivity contribution < 1.29 is 9.84 Å². The van der Waals surface area contributed by atoms with Crippen molar-refractivity contribution in [3.05, 3.63) is 65.7 Å². The van der Waals surface area contributed by atoms with Gasteiger partial charge in [0.1, 0.15) is 5.75 Å². The van der Waals surface area contributed by atoms with Crippen LogP contribution in [0.3, 0.4) is 0 Å². The molecule has 0 radical (unpaired) electrons. The van der Waals surface area contributed by atoms with Crippen molar-refractivity contribution in [2.45, 2.75) is 26.4 Å². The maximum absolute atomic E-state index is 11.2. The zero-order chi connectivity index (χ0) is 16.2. The van der Waals surface area contributed by atoms with Gasteiger partial charge in [-0.2, -0.15) is 0 Å². The number of methoxy groups -OCH3 is 1. The molecule has 0 aliphatic carbocycles. The fraction of sp³-hybridized carbons (Fsp3) is 0.300. The fourth-order valence-electron chi connectivity index (χ4n) is 2.24. The molecule has 0 fully saturated rings. The van der Waals surface area contributed by atoms with Crippen molar-refractivity contribution in [3.63, 3.8) is 0 Å². The Morgan fingerprint density at radius 1 is 0.955 bits per heavy atom. The van der Waals surface area contributed by atoms with Crippen LogP contribution in [0.15, 0.2) is 54.6 Å². The largest absolute Gasteiger partial charge is 0.497 e. The lowest BCUT2D eigenvalue weighted by Gasteiger charge is -2.36. The normalized spacial score (nSPS) is 13.7. The van der Waals surface area contributed by atoms with Crippen LogP contribution in [-0.2, 0) is 5.60 Å². The molecule has 1 N–H and O–H groups in total. The van der Waals surface area contributed by atoms with E-state index in [1.807, 2.05) is 75.4 Å². The smallest absolute Gasteiger partial charge is 0.156 e.